The van der Waals surface area contributed by atoms with Crippen molar-refractivity contribution >= 4 is 14.4 Å². The van der Waals surface area contributed by atoms with Crippen molar-refractivity contribution < 1.29 is 19.1 Å². The molecule has 1 fully saturated rings. The van der Waals surface area contributed by atoms with E-state index in [0.29, 0.717) is 14.0 Å². The molecule has 0 spiro atoms. The van der Waals surface area contributed by atoms with Crippen LogP contribution in [0.1, 0.15) is 41.5 Å². The molecule has 92 valence electrons. The SMILES string of the molecule is CC1(C)COB(BOC(C)(C)C(C)(C)O)O1. The van der Waals surface area contributed by atoms with Gasteiger partial charge in [0, 0.05) is 0 Å². The van der Waals surface area contributed by atoms with Crippen LogP contribution < -0.4 is 0 Å². The Labute approximate surface area is 99.1 Å². The lowest BCUT2D eigenvalue weighted by atomic mass is 9.55. The molecule has 0 radical (unpaired) electrons. The standard InChI is InChI=1S/C10H22B2O4/c1-8(2)7-14-12(16-8)11-15-10(5,6)9(3,4)13/h11,13H,7H2,1-6H3. The molecule has 1 aliphatic heterocycles. The number of hydrogen-bond donors (Lipinski definition) is 1. The monoisotopic (exact) mass is 228 g/mol. The number of aliphatic hydroxyl groups is 1. The minimum absolute atomic E-state index is 0.243. The van der Waals surface area contributed by atoms with E-state index in [2.05, 4.69) is 0 Å². The van der Waals surface area contributed by atoms with Crippen LogP contribution in [-0.4, -0.2) is 42.9 Å². The summed E-state index contributed by atoms with van der Waals surface area (Å²) in [5.74, 6) is 0. The lowest BCUT2D eigenvalue weighted by Gasteiger charge is -2.37. The smallest absolute Gasteiger partial charge is 0.434 e. The third-order valence-electron chi connectivity index (χ3n) is 3.12. The Morgan fingerprint density at radius 3 is 2.25 bits per heavy atom. The van der Waals surface area contributed by atoms with Crippen molar-refractivity contribution in [2.75, 3.05) is 6.61 Å². The first kappa shape index (κ1) is 14.0. The molecule has 0 aromatic heterocycles. The van der Waals surface area contributed by atoms with Crippen molar-refractivity contribution in [3.8, 4) is 0 Å². The summed E-state index contributed by atoms with van der Waals surface area (Å²) < 4.78 is 16.7. The molecule has 0 bridgehead atoms. The van der Waals surface area contributed by atoms with Crippen molar-refractivity contribution in [3.05, 3.63) is 0 Å². The maximum absolute atomic E-state index is 9.92. The number of rotatable bonds is 4. The van der Waals surface area contributed by atoms with Gasteiger partial charge in [0.2, 0.25) is 0 Å². The largest absolute Gasteiger partial charge is 0.441 e. The van der Waals surface area contributed by atoms with E-state index in [1.807, 2.05) is 27.7 Å². The van der Waals surface area contributed by atoms with Gasteiger partial charge in [0.15, 0.2) is 0 Å². The molecule has 4 nitrogen and oxygen atoms in total. The molecule has 1 rings (SSSR count). The predicted molar refractivity (Wildman–Crippen MR) is 65.5 cm³/mol. The highest BCUT2D eigenvalue weighted by atomic mass is 16.7. The molecule has 0 saturated carbocycles. The van der Waals surface area contributed by atoms with E-state index in [4.69, 9.17) is 14.0 Å². The third-order valence-corrected chi connectivity index (χ3v) is 3.12. The van der Waals surface area contributed by atoms with E-state index in [1.54, 1.807) is 13.8 Å². The van der Waals surface area contributed by atoms with Crippen molar-refractivity contribution in [1.29, 1.82) is 0 Å². The van der Waals surface area contributed by atoms with Gasteiger partial charge in [-0.05, 0) is 41.5 Å². The van der Waals surface area contributed by atoms with E-state index < -0.39 is 11.2 Å². The molecule has 16 heavy (non-hydrogen) atoms. The molecule has 6 heteroatoms. The molecular formula is C10H22B2O4. The summed E-state index contributed by atoms with van der Waals surface area (Å²) in [5, 5.41) is 9.92. The van der Waals surface area contributed by atoms with E-state index in [9.17, 15) is 5.11 Å². The molecule has 1 N–H and O–H groups in total. The lowest BCUT2D eigenvalue weighted by molar-refractivity contribution is -0.0894. The van der Waals surface area contributed by atoms with Gasteiger partial charge in [-0.3, -0.25) is 0 Å². The Bertz CT molecular complexity index is 248. The highest BCUT2D eigenvalue weighted by molar-refractivity contribution is 7.03. The van der Waals surface area contributed by atoms with E-state index in [-0.39, 0.29) is 12.6 Å². The average Bonchev–Trinajstić information content (AvgIpc) is 2.40. The van der Waals surface area contributed by atoms with Gasteiger partial charge in [-0.25, -0.2) is 0 Å². The van der Waals surface area contributed by atoms with Crippen molar-refractivity contribution in [2.24, 2.45) is 0 Å². The van der Waals surface area contributed by atoms with Crippen LogP contribution in [-0.2, 0) is 14.0 Å². The maximum Gasteiger partial charge on any atom is 0.441 e. The summed E-state index contributed by atoms with van der Waals surface area (Å²) in [6.45, 7) is 11.7. The van der Waals surface area contributed by atoms with Gasteiger partial charge in [-0.1, -0.05) is 0 Å². The lowest BCUT2D eigenvalue weighted by Crippen LogP contribution is -2.50. The molecule has 0 amide bonds. The van der Waals surface area contributed by atoms with E-state index in [0.717, 1.165) is 0 Å². The quantitative estimate of drug-likeness (QED) is 0.720. The topological polar surface area (TPSA) is 47.9 Å². The first-order chi connectivity index (χ1) is 7.04. The van der Waals surface area contributed by atoms with Crippen LogP contribution >= 0.6 is 0 Å². The molecule has 0 aromatic rings. The molecule has 1 saturated heterocycles. The van der Waals surface area contributed by atoms with Gasteiger partial charge in [0.1, 0.15) is 0 Å². The molecule has 0 atom stereocenters. The van der Waals surface area contributed by atoms with Gasteiger partial charge in [0.25, 0.3) is 0 Å². The average molecular weight is 228 g/mol. The van der Waals surface area contributed by atoms with Crippen LogP contribution in [0.2, 0.25) is 0 Å². The Morgan fingerprint density at radius 1 is 1.31 bits per heavy atom. The van der Waals surface area contributed by atoms with Crippen LogP contribution in [0.25, 0.3) is 0 Å². The summed E-state index contributed by atoms with van der Waals surface area (Å²) in [6.07, 6.45) is 0. The van der Waals surface area contributed by atoms with Gasteiger partial charge < -0.3 is 19.1 Å². The zero-order valence-electron chi connectivity index (χ0n) is 11.2. The molecule has 0 unspecified atom stereocenters. The second-order valence-electron chi connectivity index (χ2n) is 6.00. The van der Waals surface area contributed by atoms with Crippen LogP contribution in [0.15, 0.2) is 0 Å². The first-order valence-electron chi connectivity index (χ1n) is 5.69. The summed E-state index contributed by atoms with van der Waals surface area (Å²) >= 11 is 0. The van der Waals surface area contributed by atoms with Crippen LogP contribution in [0.4, 0.5) is 0 Å². The Balaban J connectivity index is 2.42. The second kappa shape index (κ2) is 4.33. The first-order valence-corrected chi connectivity index (χ1v) is 5.69. The van der Waals surface area contributed by atoms with Gasteiger partial charge in [0.05, 0.1) is 23.4 Å². The molecule has 0 aliphatic carbocycles. The van der Waals surface area contributed by atoms with Crippen LogP contribution in [0.3, 0.4) is 0 Å². The second-order valence-corrected chi connectivity index (χ2v) is 6.00. The third kappa shape index (κ3) is 3.48. The Hall–Kier alpha value is -0.0301. The van der Waals surface area contributed by atoms with Crippen molar-refractivity contribution in [2.45, 2.75) is 58.3 Å². The fourth-order valence-corrected chi connectivity index (χ4v) is 1.25. The maximum atomic E-state index is 9.92. The Morgan fingerprint density at radius 2 is 1.88 bits per heavy atom. The highest BCUT2D eigenvalue weighted by Gasteiger charge is 2.42. The molecule has 0 aromatic carbocycles. The summed E-state index contributed by atoms with van der Waals surface area (Å²) in [6, 6.07) is 0. The Kier molecular flexibility index (Phi) is 3.80. The van der Waals surface area contributed by atoms with Gasteiger partial charge in [-0.15, -0.1) is 0 Å². The van der Waals surface area contributed by atoms with Crippen LogP contribution in [0.5, 0.6) is 0 Å². The molecular weight excluding hydrogens is 206 g/mol. The minimum atomic E-state index is -0.902. The summed E-state index contributed by atoms with van der Waals surface area (Å²) in [4.78, 5) is 0. The predicted octanol–water partition coefficient (Wildman–Crippen LogP) is 0.714. The van der Waals surface area contributed by atoms with E-state index in [1.165, 1.54) is 0 Å². The fraction of sp³-hybridized carbons (Fsp3) is 1.00. The molecule has 1 aliphatic rings. The van der Waals surface area contributed by atoms with Gasteiger partial charge in [-0.2, -0.15) is 0 Å². The van der Waals surface area contributed by atoms with E-state index >= 15 is 0 Å². The summed E-state index contributed by atoms with van der Waals surface area (Å²) in [5.41, 5.74) is -1.78. The van der Waals surface area contributed by atoms with Gasteiger partial charge >= 0.3 is 14.4 Å². The summed E-state index contributed by atoms with van der Waals surface area (Å²) in [7, 11) is -0.00271. The van der Waals surface area contributed by atoms with Crippen LogP contribution in [0, 0.1) is 0 Å². The highest BCUT2D eigenvalue weighted by Crippen LogP contribution is 2.26. The minimum Gasteiger partial charge on any atom is -0.434 e. The zero-order chi connectivity index (χ0) is 12.6. The normalized spacial score (nSPS) is 21.3. The number of hydrogen-bond acceptors (Lipinski definition) is 4. The van der Waals surface area contributed by atoms with Crippen molar-refractivity contribution in [3.63, 3.8) is 0 Å². The fourth-order valence-electron chi connectivity index (χ4n) is 1.25. The van der Waals surface area contributed by atoms with Crippen molar-refractivity contribution in [1.82, 2.24) is 0 Å². The zero-order valence-corrected chi connectivity index (χ0v) is 11.2. The molecule has 1 heterocycles.